The summed E-state index contributed by atoms with van der Waals surface area (Å²) in [4.78, 5) is 1.97. The molecule has 0 saturated carbocycles. The summed E-state index contributed by atoms with van der Waals surface area (Å²) in [6.07, 6.45) is 0. The maximum Gasteiger partial charge on any atom is 0.134 e. The largest absolute Gasteiger partial charge is 0.506 e. The van der Waals surface area contributed by atoms with Crippen LogP contribution in [0.3, 0.4) is 0 Å². The second-order valence-electron chi connectivity index (χ2n) is 3.25. The van der Waals surface area contributed by atoms with Crippen molar-refractivity contribution >= 4 is 11.6 Å². The van der Waals surface area contributed by atoms with Gasteiger partial charge < -0.3 is 10.2 Å². The molecule has 0 aliphatic carbocycles. The first-order valence-electron chi connectivity index (χ1n) is 4.40. The lowest BCUT2D eigenvalue weighted by molar-refractivity contribution is 0.217. The molecule has 0 spiro atoms. The molecule has 0 fully saturated rings. The molecule has 0 heterocycles. The van der Waals surface area contributed by atoms with Crippen LogP contribution in [0.15, 0.2) is 18.2 Å². The molecule has 1 rings (SSSR count). The summed E-state index contributed by atoms with van der Waals surface area (Å²) in [5, 5.41) is 18.3. The maximum absolute atomic E-state index is 9.20. The zero-order valence-corrected chi connectivity index (χ0v) is 8.83. The van der Waals surface area contributed by atoms with Crippen molar-refractivity contribution in [3.8, 4) is 5.75 Å². The van der Waals surface area contributed by atoms with Gasteiger partial charge in [0.15, 0.2) is 0 Å². The van der Waals surface area contributed by atoms with Crippen LogP contribution in [0.4, 0.5) is 0 Å². The average Bonchev–Trinajstić information content (AvgIpc) is 2.12. The van der Waals surface area contributed by atoms with E-state index in [0.717, 1.165) is 5.56 Å². The number of aliphatic hydroxyl groups is 1. The molecule has 78 valence electrons. The predicted octanol–water partition coefficient (Wildman–Crippen LogP) is 1.47. The van der Waals surface area contributed by atoms with Gasteiger partial charge in [-0.25, -0.2) is 0 Å². The van der Waals surface area contributed by atoms with Gasteiger partial charge in [-0.15, -0.1) is 0 Å². The first-order valence-corrected chi connectivity index (χ1v) is 4.78. The molecule has 4 heteroatoms. The van der Waals surface area contributed by atoms with Crippen LogP contribution in [0.1, 0.15) is 5.56 Å². The van der Waals surface area contributed by atoms with Gasteiger partial charge in [-0.2, -0.15) is 0 Å². The van der Waals surface area contributed by atoms with E-state index in [1.165, 1.54) is 0 Å². The van der Waals surface area contributed by atoms with Crippen molar-refractivity contribution in [1.82, 2.24) is 4.90 Å². The zero-order chi connectivity index (χ0) is 10.6. The van der Waals surface area contributed by atoms with E-state index in [0.29, 0.717) is 18.1 Å². The van der Waals surface area contributed by atoms with Crippen LogP contribution in [0.2, 0.25) is 5.02 Å². The molecule has 0 atom stereocenters. The van der Waals surface area contributed by atoms with Crippen LogP contribution < -0.4 is 0 Å². The van der Waals surface area contributed by atoms with Crippen molar-refractivity contribution in [2.45, 2.75) is 6.54 Å². The Hall–Kier alpha value is -0.770. The third-order valence-corrected chi connectivity index (χ3v) is 2.25. The minimum atomic E-state index is 0.0974. The fourth-order valence-electron chi connectivity index (χ4n) is 1.21. The van der Waals surface area contributed by atoms with Crippen LogP contribution in [0.5, 0.6) is 5.75 Å². The van der Waals surface area contributed by atoms with Gasteiger partial charge in [0, 0.05) is 13.1 Å². The first kappa shape index (κ1) is 11.3. The van der Waals surface area contributed by atoms with Gasteiger partial charge in [0.1, 0.15) is 5.75 Å². The number of phenolic OH excluding ortho intramolecular Hbond substituents is 1. The number of rotatable bonds is 4. The number of hydrogen-bond acceptors (Lipinski definition) is 3. The first-order chi connectivity index (χ1) is 6.63. The van der Waals surface area contributed by atoms with E-state index in [9.17, 15) is 5.11 Å². The van der Waals surface area contributed by atoms with Crippen LogP contribution in [-0.2, 0) is 6.54 Å². The van der Waals surface area contributed by atoms with E-state index in [1.807, 2.05) is 18.0 Å². The Labute approximate surface area is 88.5 Å². The molecule has 3 nitrogen and oxygen atoms in total. The van der Waals surface area contributed by atoms with E-state index in [1.54, 1.807) is 12.1 Å². The molecule has 0 saturated heterocycles. The maximum atomic E-state index is 9.20. The molecular formula is C10H14ClNO2. The average molecular weight is 216 g/mol. The van der Waals surface area contributed by atoms with E-state index in [-0.39, 0.29) is 12.4 Å². The van der Waals surface area contributed by atoms with E-state index in [4.69, 9.17) is 16.7 Å². The summed E-state index contributed by atoms with van der Waals surface area (Å²) in [6, 6.07) is 5.12. The molecule has 1 aromatic carbocycles. The number of benzene rings is 1. The van der Waals surface area contributed by atoms with Gasteiger partial charge in [0.25, 0.3) is 0 Å². The second kappa shape index (κ2) is 5.20. The highest BCUT2D eigenvalue weighted by Crippen LogP contribution is 2.23. The minimum absolute atomic E-state index is 0.0974. The fourth-order valence-corrected chi connectivity index (χ4v) is 1.41. The van der Waals surface area contributed by atoms with Crippen molar-refractivity contribution in [1.29, 1.82) is 0 Å². The van der Waals surface area contributed by atoms with E-state index >= 15 is 0 Å². The highest BCUT2D eigenvalue weighted by molar-refractivity contribution is 6.32. The molecule has 0 radical (unpaired) electrons. The Morgan fingerprint density at radius 1 is 1.43 bits per heavy atom. The molecule has 14 heavy (non-hydrogen) atoms. The zero-order valence-electron chi connectivity index (χ0n) is 8.07. The summed E-state index contributed by atoms with van der Waals surface area (Å²) in [7, 11) is 1.91. The molecule has 2 N–H and O–H groups in total. The summed E-state index contributed by atoms with van der Waals surface area (Å²) in [5.41, 5.74) is 1.02. The Morgan fingerprint density at radius 3 is 2.71 bits per heavy atom. The molecule has 0 amide bonds. The molecule has 0 unspecified atom stereocenters. The Bertz CT molecular complexity index is 304. The highest BCUT2D eigenvalue weighted by atomic mass is 35.5. The number of likely N-dealkylation sites (N-methyl/N-ethyl adjacent to an activating group) is 1. The summed E-state index contributed by atoms with van der Waals surface area (Å²) < 4.78 is 0. The summed E-state index contributed by atoms with van der Waals surface area (Å²) in [6.45, 7) is 1.47. The number of aliphatic hydroxyl groups excluding tert-OH is 1. The third-order valence-electron chi connectivity index (χ3n) is 1.95. The number of hydrogen-bond donors (Lipinski definition) is 2. The van der Waals surface area contributed by atoms with E-state index < -0.39 is 0 Å². The standard InChI is InChI=1S/C10H14ClNO2/c1-12(4-5-13)7-8-2-3-10(14)9(11)6-8/h2-3,6,13-14H,4-5,7H2,1H3. The van der Waals surface area contributed by atoms with Crippen LogP contribution in [0, 0.1) is 0 Å². The lowest BCUT2D eigenvalue weighted by Crippen LogP contribution is -2.21. The summed E-state index contributed by atoms with van der Waals surface area (Å²) in [5.74, 6) is 0.0974. The van der Waals surface area contributed by atoms with Crippen LogP contribution >= 0.6 is 11.6 Å². The van der Waals surface area contributed by atoms with Gasteiger partial charge >= 0.3 is 0 Å². The molecule has 0 bridgehead atoms. The van der Waals surface area contributed by atoms with Gasteiger partial charge in [0.05, 0.1) is 11.6 Å². The number of halogens is 1. The van der Waals surface area contributed by atoms with Crippen molar-refractivity contribution in [3.05, 3.63) is 28.8 Å². The number of nitrogens with zero attached hydrogens (tertiary/aromatic N) is 1. The molecule has 0 aliphatic heterocycles. The molecule has 0 aromatic heterocycles. The molecule has 0 aliphatic rings. The lowest BCUT2D eigenvalue weighted by atomic mass is 10.2. The Kier molecular flexibility index (Phi) is 4.20. The Balaban J connectivity index is 2.63. The topological polar surface area (TPSA) is 43.7 Å². The normalized spacial score (nSPS) is 10.9. The minimum Gasteiger partial charge on any atom is -0.506 e. The van der Waals surface area contributed by atoms with Crippen molar-refractivity contribution < 1.29 is 10.2 Å². The predicted molar refractivity (Wildman–Crippen MR) is 56.5 cm³/mol. The van der Waals surface area contributed by atoms with Crippen LogP contribution in [-0.4, -0.2) is 35.3 Å². The monoisotopic (exact) mass is 215 g/mol. The van der Waals surface area contributed by atoms with E-state index in [2.05, 4.69) is 0 Å². The Morgan fingerprint density at radius 2 is 2.14 bits per heavy atom. The van der Waals surface area contributed by atoms with Crippen LogP contribution in [0.25, 0.3) is 0 Å². The quantitative estimate of drug-likeness (QED) is 0.800. The van der Waals surface area contributed by atoms with Crippen molar-refractivity contribution in [2.75, 3.05) is 20.2 Å². The number of aromatic hydroxyl groups is 1. The fraction of sp³-hybridized carbons (Fsp3) is 0.400. The smallest absolute Gasteiger partial charge is 0.134 e. The molecule has 1 aromatic rings. The van der Waals surface area contributed by atoms with Crippen molar-refractivity contribution in [3.63, 3.8) is 0 Å². The van der Waals surface area contributed by atoms with Gasteiger partial charge in [0.2, 0.25) is 0 Å². The van der Waals surface area contributed by atoms with Crippen molar-refractivity contribution in [2.24, 2.45) is 0 Å². The second-order valence-corrected chi connectivity index (χ2v) is 3.65. The molecular weight excluding hydrogens is 202 g/mol. The van der Waals surface area contributed by atoms with Gasteiger partial charge in [-0.3, -0.25) is 4.90 Å². The summed E-state index contributed by atoms with van der Waals surface area (Å²) >= 11 is 5.76. The third kappa shape index (κ3) is 3.18. The van der Waals surface area contributed by atoms with Gasteiger partial charge in [-0.05, 0) is 24.7 Å². The van der Waals surface area contributed by atoms with Gasteiger partial charge in [-0.1, -0.05) is 17.7 Å². The SMILES string of the molecule is CN(CCO)Cc1ccc(O)c(Cl)c1. The number of phenols is 1. The highest BCUT2D eigenvalue weighted by Gasteiger charge is 2.02. The lowest BCUT2D eigenvalue weighted by Gasteiger charge is -2.15.